The van der Waals surface area contributed by atoms with E-state index in [1.54, 1.807) is 0 Å². The highest BCUT2D eigenvalue weighted by Gasteiger charge is 2.53. The zero-order valence-corrected chi connectivity index (χ0v) is 13.2. The fraction of sp³-hybridized carbons (Fsp3) is 0.611. The van der Waals surface area contributed by atoms with Crippen molar-refractivity contribution < 1.29 is 9.53 Å². The SMILES string of the molecule is COC(=O)[C@H]1CN2CCCC(C)(C)[C@H]2[C@@H]1c1ccccc1. The Bertz CT molecular complexity index is 511. The van der Waals surface area contributed by atoms with Gasteiger partial charge in [0, 0.05) is 18.5 Å². The fourth-order valence-electron chi connectivity index (χ4n) is 4.49. The predicted octanol–water partition coefficient (Wildman–Crippen LogP) is 3.06. The van der Waals surface area contributed by atoms with Gasteiger partial charge in [-0.3, -0.25) is 9.69 Å². The molecule has 0 aliphatic carbocycles. The molecule has 0 bridgehead atoms. The second-order valence-electron chi connectivity index (χ2n) is 7.10. The molecule has 0 unspecified atom stereocenters. The van der Waals surface area contributed by atoms with E-state index in [1.807, 2.05) is 6.07 Å². The molecule has 3 nitrogen and oxygen atoms in total. The lowest BCUT2D eigenvalue weighted by atomic mass is 9.69. The molecular weight excluding hydrogens is 262 g/mol. The number of nitrogens with zero attached hydrogens (tertiary/aromatic N) is 1. The molecule has 0 spiro atoms. The van der Waals surface area contributed by atoms with Crippen molar-refractivity contribution in [2.45, 2.75) is 38.6 Å². The predicted molar refractivity (Wildman–Crippen MR) is 83.1 cm³/mol. The Balaban J connectivity index is 2.02. The van der Waals surface area contributed by atoms with Gasteiger partial charge in [-0.2, -0.15) is 0 Å². The van der Waals surface area contributed by atoms with E-state index < -0.39 is 0 Å². The quantitative estimate of drug-likeness (QED) is 0.783. The van der Waals surface area contributed by atoms with E-state index in [2.05, 4.69) is 43.0 Å². The lowest BCUT2D eigenvalue weighted by Gasteiger charge is -2.45. The second-order valence-corrected chi connectivity index (χ2v) is 7.10. The van der Waals surface area contributed by atoms with Gasteiger partial charge in [-0.25, -0.2) is 0 Å². The summed E-state index contributed by atoms with van der Waals surface area (Å²) >= 11 is 0. The van der Waals surface area contributed by atoms with Gasteiger partial charge in [0.15, 0.2) is 0 Å². The molecule has 3 rings (SSSR count). The maximum atomic E-state index is 12.3. The number of fused-ring (bicyclic) bond motifs is 1. The van der Waals surface area contributed by atoms with Gasteiger partial charge < -0.3 is 4.74 Å². The van der Waals surface area contributed by atoms with Crippen LogP contribution in [-0.4, -0.2) is 37.1 Å². The maximum absolute atomic E-state index is 12.3. The Morgan fingerprint density at radius 1 is 1.29 bits per heavy atom. The van der Waals surface area contributed by atoms with Gasteiger partial charge in [0.05, 0.1) is 13.0 Å². The number of hydrogen-bond acceptors (Lipinski definition) is 3. The van der Waals surface area contributed by atoms with E-state index in [0.29, 0.717) is 6.04 Å². The van der Waals surface area contributed by atoms with E-state index >= 15 is 0 Å². The average Bonchev–Trinajstić information content (AvgIpc) is 2.88. The summed E-state index contributed by atoms with van der Waals surface area (Å²) in [5.41, 5.74) is 1.51. The molecule has 1 aromatic rings. The van der Waals surface area contributed by atoms with Gasteiger partial charge in [-0.15, -0.1) is 0 Å². The summed E-state index contributed by atoms with van der Waals surface area (Å²) in [7, 11) is 1.51. The largest absolute Gasteiger partial charge is 0.469 e. The molecular formula is C18H25NO2. The average molecular weight is 287 g/mol. The second kappa shape index (κ2) is 5.45. The molecule has 2 fully saturated rings. The van der Waals surface area contributed by atoms with Crippen molar-refractivity contribution in [3.05, 3.63) is 35.9 Å². The van der Waals surface area contributed by atoms with Crippen LogP contribution in [0, 0.1) is 11.3 Å². The molecule has 2 aliphatic heterocycles. The molecule has 3 atom stereocenters. The van der Waals surface area contributed by atoms with Gasteiger partial charge in [-0.1, -0.05) is 44.2 Å². The van der Waals surface area contributed by atoms with Gasteiger partial charge in [0.2, 0.25) is 0 Å². The molecule has 2 saturated heterocycles. The van der Waals surface area contributed by atoms with Crippen molar-refractivity contribution in [2.24, 2.45) is 11.3 Å². The summed E-state index contributed by atoms with van der Waals surface area (Å²) in [6, 6.07) is 10.9. The van der Waals surface area contributed by atoms with E-state index in [9.17, 15) is 4.79 Å². The van der Waals surface area contributed by atoms with Crippen LogP contribution in [-0.2, 0) is 9.53 Å². The van der Waals surface area contributed by atoms with Crippen molar-refractivity contribution >= 4 is 5.97 Å². The number of carbonyl (C=O) groups is 1. The van der Waals surface area contributed by atoms with Crippen LogP contribution in [0.2, 0.25) is 0 Å². The maximum Gasteiger partial charge on any atom is 0.310 e. The van der Waals surface area contributed by atoms with Gasteiger partial charge >= 0.3 is 5.97 Å². The monoisotopic (exact) mass is 287 g/mol. The Morgan fingerprint density at radius 2 is 2.00 bits per heavy atom. The summed E-state index contributed by atoms with van der Waals surface area (Å²) in [6.45, 7) is 6.63. The third-order valence-corrected chi connectivity index (χ3v) is 5.35. The van der Waals surface area contributed by atoms with Crippen LogP contribution < -0.4 is 0 Å². The topological polar surface area (TPSA) is 29.5 Å². The first-order valence-corrected chi connectivity index (χ1v) is 7.91. The highest BCUT2D eigenvalue weighted by atomic mass is 16.5. The summed E-state index contributed by atoms with van der Waals surface area (Å²) in [6.07, 6.45) is 2.45. The summed E-state index contributed by atoms with van der Waals surface area (Å²) in [5.74, 6) is 0.141. The van der Waals surface area contributed by atoms with Crippen LogP contribution in [0.3, 0.4) is 0 Å². The normalized spacial score (nSPS) is 31.7. The molecule has 2 aliphatic rings. The molecule has 1 aromatic carbocycles. The minimum absolute atomic E-state index is 0.0419. The molecule has 114 valence electrons. The van der Waals surface area contributed by atoms with Crippen molar-refractivity contribution in [1.29, 1.82) is 0 Å². The fourth-order valence-corrected chi connectivity index (χ4v) is 4.49. The van der Waals surface area contributed by atoms with Crippen molar-refractivity contribution in [1.82, 2.24) is 4.90 Å². The van der Waals surface area contributed by atoms with Gasteiger partial charge in [0.25, 0.3) is 0 Å². The minimum atomic E-state index is -0.0611. The van der Waals surface area contributed by atoms with Crippen molar-refractivity contribution in [2.75, 3.05) is 20.2 Å². The molecule has 0 saturated carbocycles. The summed E-state index contributed by atoms with van der Waals surface area (Å²) < 4.78 is 5.09. The van der Waals surface area contributed by atoms with Crippen LogP contribution in [0.15, 0.2) is 30.3 Å². The Labute approximate surface area is 127 Å². The van der Waals surface area contributed by atoms with E-state index in [-0.39, 0.29) is 23.2 Å². The number of carbonyl (C=O) groups excluding carboxylic acids is 1. The molecule has 2 heterocycles. The number of methoxy groups -OCH3 is 1. The van der Waals surface area contributed by atoms with Crippen LogP contribution in [0.4, 0.5) is 0 Å². The van der Waals surface area contributed by atoms with Crippen molar-refractivity contribution in [3.63, 3.8) is 0 Å². The van der Waals surface area contributed by atoms with Crippen LogP contribution >= 0.6 is 0 Å². The number of rotatable bonds is 2. The van der Waals surface area contributed by atoms with Gasteiger partial charge in [0.1, 0.15) is 0 Å². The molecule has 21 heavy (non-hydrogen) atoms. The van der Waals surface area contributed by atoms with Crippen LogP contribution in [0.1, 0.15) is 38.2 Å². The highest BCUT2D eigenvalue weighted by Crippen LogP contribution is 2.50. The van der Waals surface area contributed by atoms with E-state index in [1.165, 1.54) is 25.5 Å². The highest BCUT2D eigenvalue weighted by molar-refractivity contribution is 5.74. The first-order valence-electron chi connectivity index (χ1n) is 7.91. The van der Waals surface area contributed by atoms with Crippen LogP contribution in [0.25, 0.3) is 0 Å². The molecule has 0 aromatic heterocycles. The Kier molecular flexibility index (Phi) is 3.78. The molecule has 3 heteroatoms. The Hall–Kier alpha value is -1.35. The third kappa shape index (κ3) is 2.48. The standard InChI is InChI=1S/C18H25NO2/c1-18(2)10-7-11-19-12-14(17(20)21-3)15(16(18)19)13-8-5-4-6-9-13/h4-6,8-9,14-16H,7,10-12H2,1-3H3/t14-,15+,16+/m0/s1. The zero-order valence-electron chi connectivity index (χ0n) is 13.2. The lowest BCUT2D eigenvalue weighted by molar-refractivity contribution is -0.145. The molecule has 0 amide bonds. The zero-order chi connectivity index (χ0) is 15.0. The summed E-state index contributed by atoms with van der Waals surface area (Å²) in [5, 5.41) is 0. The smallest absolute Gasteiger partial charge is 0.310 e. The van der Waals surface area contributed by atoms with E-state index in [4.69, 9.17) is 4.74 Å². The number of piperidine rings is 1. The number of hydrogen-bond donors (Lipinski definition) is 0. The third-order valence-electron chi connectivity index (χ3n) is 5.35. The molecule has 0 radical (unpaired) electrons. The first-order chi connectivity index (χ1) is 10.0. The summed E-state index contributed by atoms with van der Waals surface area (Å²) in [4.78, 5) is 14.8. The Morgan fingerprint density at radius 3 is 2.67 bits per heavy atom. The molecule has 0 N–H and O–H groups in total. The van der Waals surface area contributed by atoms with E-state index in [0.717, 1.165) is 13.1 Å². The van der Waals surface area contributed by atoms with Crippen molar-refractivity contribution in [3.8, 4) is 0 Å². The lowest BCUT2D eigenvalue weighted by Crippen LogP contribution is -2.48. The number of esters is 1. The van der Waals surface area contributed by atoms with Gasteiger partial charge in [-0.05, 0) is 30.4 Å². The number of ether oxygens (including phenoxy) is 1. The first kappa shape index (κ1) is 14.6. The number of benzene rings is 1. The minimum Gasteiger partial charge on any atom is -0.469 e. The van der Waals surface area contributed by atoms with Crippen LogP contribution in [0.5, 0.6) is 0 Å².